The summed E-state index contributed by atoms with van der Waals surface area (Å²) in [5, 5.41) is 0. The molecule has 1 rings (SSSR count). The molecule has 3 heteroatoms. The third-order valence-electron chi connectivity index (χ3n) is 2.69. The first-order valence-corrected chi connectivity index (χ1v) is 4.42. The van der Waals surface area contributed by atoms with Crippen LogP contribution in [0.4, 0.5) is 0 Å². The molecule has 0 saturated heterocycles. The van der Waals surface area contributed by atoms with Crippen molar-refractivity contribution < 1.29 is 9.53 Å². The van der Waals surface area contributed by atoms with E-state index in [1.54, 1.807) is 0 Å². The molecule has 70 valence electrons. The van der Waals surface area contributed by atoms with Crippen molar-refractivity contribution in [2.24, 2.45) is 11.1 Å². The number of carbonyl (C=O) groups excluding carboxylic acids is 1. The maximum atomic E-state index is 11.4. The highest BCUT2D eigenvalue weighted by atomic mass is 16.5. The SMILES string of the molecule is COC(=O)C1(C)CCCC(N)C1. The van der Waals surface area contributed by atoms with Gasteiger partial charge in [-0.15, -0.1) is 0 Å². The first-order chi connectivity index (χ1) is 5.58. The minimum atomic E-state index is -0.327. The maximum absolute atomic E-state index is 11.4. The zero-order chi connectivity index (χ0) is 9.19. The quantitative estimate of drug-likeness (QED) is 0.600. The lowest BCUT2D eigenvalue weighted by Gasteiger charge is -2.33. The molecule has 0 aromatic rings. The lowest BCUT2D eigenvalue weighted by atomic mass is 9.74. The van der Waals surface area contributed by atoms with Gasteiger partial charge in [0.2, 0.25) is 0 Å². The first-order valence-electron chi connectivity index (χ1n) is 4.42. The van der Waals surface area contributed by atoms with Crippen LogP contribution in [-0.2, 0) is 9.53 Å². The summed E-state index contributed by atoms with van der Waals surface area (Å²) in [7, 11) is 1.44. The summed E-state index contributed by atoms with van der Waals surface area (Å²) in [5.74, 6) is -0.113. The predicted molar refractivity (Wildman–Crippen MR) is 46.6 cm³/mol. The Bertz CT molecular complexity index is 181. The van der Waals surface area contributed by atoms with E-state index in [0.29, 0.717) is 0 Å². The van der Waals surface area contributed by atoms with Crippen LogP contribution in [0.15, 0.2) is 0 Å². The molecule has 0 bridgehead atoms. The molecular formula is C9H17NO2. The highest BCUT2D eigenvalue weighted by Gasteiger charge is 2.38. The molecule has 3 nitrogen and oxygen atoms in total. The van der Waals surface area contributed by atoms with Crippen LogP contribution in [-0.4, -0.2) is 19.1 Å². The van der Waals surface area contributed by atoms with Crippen molar-refractivity contribution >= 4 is 5.97 Å². The third kappa shape index (κ3) is 1.78. The molecule has 12 heavy (non-hydrogen) atoms. The van der Waals surface area contributed by atoms with Crippen LogP contribution >= 0.6 is 0 Å². The molecule has 1 fully saturated rings. The summed E-state index contributed by atoms with van der Waals surface area (Å²) >= 11 is 0. The van der Waals surface area contributed by atoms with Gasteiger partial charge in [0.15, 0.2) is 0 Å². The van der Waals surface area contributed by atoms with E-state index in [9.17, 15) is 4.79 Å². The third-order valence-corrected chi connectivity index (χ3v) is 2.69. The molecule has 0 amide bonds. The highest BCUT2D eigenvalue weighted by Crippen LogP contribution is 2.36. The molecule has 0 radical (unpaired) electrons. The molecule has 2 N–H and O–H groups in total. The van der Waals surface area contributed by atoms with Crippen molar-refractivity contribution in [3.8, 4) is 0 Å². The number of carbonyl (C=O) groups is 1. The molecule has 1 saturated carbocycles. The number of ether oxygens (including phenoxy) is 1. The van der Waals surface area contributed by atoms with E-state index >= 15 is 0 Å². The minimum Gasteiger partial charge on any atom is -0.469 e. The van der Waals surface area contributed by atoms with Crippen molar-refractivity contribution in [3.05, 3.63) is 0 Å². The van der Waals surface area contributed by atoms with Gasteiger partial charge in [-0.1, -0.05) is 6.42 Å². The van der Waals surface area contributed by atoms with Crippen molar-refractivity contribution in [1.82, 2.24) is 0 Å². The Hall–Kier alpha value is -0.570. The van der Waals surface area contributed by atoms with Crippen molar-refractivity contribution in [1.29, 1.82) is 0 Å². The summed E-state index contributed by atoms with van der Waals surface area (Å²) in [6, 6.07) is 0.169. The molecule has 1 aliphatic rings. The van der Waals surface area contributed by atoms with Gasteiger partial charge < -0.3 is 10.5 Å². The van der Waals surface area contributed by atoms with Crippen LogP contribution in [0, 0.1) is 5.41 Å². The van der Waals surface area contributed by atoms with Gasteiger partial charge in [0.25, 0.3) is 0 Å². The summed E-state index contributed by atoms with van der Waals surface area (Å²) in [4.78, 5) is 11.4. The van der Waals surface area contributed by atoms with Crippen LogP contribution in [0.3, 0.4) is 0 Å². The summed E-state index contributed by atoms with van der Waals surface area (Å²) in [5.41, 5.74) is 5.47. The van der Waals surface area contributed by atoms with E-state index < -0.39 is 0 Å². The van der Waals surface area contributed by atoms with Crippen molar-refractivity contribution in [2.75, 3.05) is 7.11 Å². The van der Waals surface area contributed by atoms with Crippen molar-refractivity contribution in [2.45, 2.75) is 38.6 Å². The van der Waals surface area contributed by atoms with E-state index in [1.165, 1.54) is 7.11 Å². The Labute approximate surface area is 73.3 Å². The number of hydrogen-bond donors (Lipinski definition) is 1. The van der Waals surface area contributed by atoms with Crippen LogP contribution < -0.4 is 5.73 Å². The zero-order valence-electron chi connectivity index (χ0n) is 7.80. The largest absolute Gasteiger partial charge is 0.469 e. The van der Waals surface area contributed by atoms with Crippen LogP contribution in [0.1, 0.15) is 32.6 Å². The Balaban J connectivity index is 2.63. The summed E-state index contributed by atoms with van der Waals surface area (Å²) in [6.07, 6.45) is 3.74. The van der Waals surface area contributed by atoms with Gasteiger partial charge in [-0.25, -0.2) is 0 Å². The fraction of sp³-hybridized carbons (Fsp3) is 0.889. The van der Waals surface area contributed by atoms with E-state index in [4.69, 9.17) is 10.5 Å². The smallest absolute Gasteiger partial charge is 0.311 e. The normalized spacial score (nSPS) is 36.1. The number of esters is 1. The molecule has 2 unspecified atom stereocenters. The van der Waals surface area contributed by atoms with Gasteiger partial charge in [0, 0.05) is 6.04 Å². The molecule has 1 aliphatic carbocycles. The second-order valence-corrected chi connectivity index (χ2v) is 3.91. The Morgan fingerprint density at radius 3 is 2.83 bits per heavy atom. The topological polar surface area (TPSA) is 52.3 Å². The second-order valence-electron chi connectivity index (χ2n) is 3.91. The van der Waals surface area contributed by atoms with E-state index in [2.05, 4.69) is 0 Å². The van der Waals surface area contributed by atoms with Gasteiger partial charge >= 0.3 is 5.97 Å². The summed E-state index contributed by atoms with van der Waals surface area (Å²) in [6.45, 7) is 1.94. The molecule has 0 spiro atoms. The molecule has 0 aromatic heterocycles. The number of rotatable bonds is 1. The fourth-order valence-electron chi connectivity index (χ4n) is 1.97. The monoisotopic (exact) mass is 171 g/mol. The Kier molecular flexibility index (Phi) is 2.73. The van der Waals surface area contributed by atoms with Crippen LogP contribution in [0.5, 0.6) is 0 Å². The minimum absolute atomic E-state index is 0.113. The van der Waals surface area contributed by atoms with E-state index in [1.807, 2.05) is 6.92 Å². The molecular weight excluding hydrogens is 154 g/mol. The summed E-state index contributed by atoms with van der Waals surface area (Å²) < 4.78 is 4.75. The molecule has 0 aromatic carbocycles. The van der Waals surface area contributed by atoms with Gasteiger partial charge in [0.05, 0.1) is 12.5 Å². The average Bonchev–Trinajstić information content (AvgIpc) is 2.02. The zero-order valence-corrected chi connectivity index (χ0v) is 7.80. The Morgan fingerprint density at radius 1 is 1.67 bits per heavy atom. The predicted octanol–water partition coefficient (Wildman–Crippen LogP) is 1.07. The lowest BCUT2D eigenvalue weighted by molar-refractivity contribution is -0.153. The van der Waals surface area contributed by atoms with E-state index in [0.717, 1.165) is 25.7 Å². The number of methoxy groups -OCH3 is 1. The average molecular weight is 171 g/mol. The molecule has 0 aliphatic heterocycles. The van der Waals surface area contributed by atoms with E-state index in [-0.39, 0.29) is 17.4 Å². The maximum Gasteiger partial charge on any atom is 0.311 e. The van der Waals surface area contributed by atoms with Gasteiger partial charge in [0.1, 0.15) is 0 Å². The standard InChI is InChI=1S/C9H17NO2/c1-9(8(11)12-2)5-3-4-7(10)6-9/h7H,3-6,10H2,1-2H3. The highest BCUT2D eigenvalue weighted by molar-refractivity contribution is 5.76. The second kappa shape index (κ2) is 3.44. The lowest BCUT2D eigenvalue weighted by Crippen LogP contribution is -2.40. The van der Waals surface area contributed by atoms with Crippen molar-refractivity contribution in [3.63, 3.8) is 0 Å². The molecule has 2 atom stereocenters. The first kappa shape index (κ1) is 9.52. The van der Waals surface area contributed by atoms with Crippen LogP contribution in [0.2, 0.25) is 0 Å². The Morgan fingerprint density at radius 2 is 2.33 bits per heavy atom. The number of hydrogen-bond acceptors (Lipinski definition) is 3. The van der Waals surface area contributed by atoms with Gasteiger partial charge in [-0.3, -0.25) is 4.79 Å². The molecule has 0 heterocycles. The van der Waals surface area contributed by atoms with Gasteiger partial charge in [-0.2, -0.15) is 0 Å². The van der Waals surface area contributed by atoms with Gasteiger partial charge in [-0.05, 0) is 26.2 Å². The van der Waals surface area contributed by atoms with Crippen LogP contribution in [0.25, 0.3) is 0 Å². The number of nitrogens with two attached hydrogens (primary N) is 1. The fourth-order valence-corrected chi connectivity index (χ4v) is 1.97.